The molecular weight excluding hydrogens is 348 g/mol. The molecule has 0 fully saturated rings. The summed E-state index contributed by atoms with van der Waals surface area (Å²) in [6, 6.07) is 8.39. The average molecular weight is 367 g/mol. The van der Waals surface area contributed by atoms with Gasteiger partial charge in [-0.3, -0.25) is 4.79 Å². The standard InChI is InChI=1S/C16H19BrN2OS/c1-2-12-6-8-13(9-7-12)14-11-21-16(18-14)19-15(20)5-3-4-10-17/h6-9,11H,2-5,10H2,1H3,(H,18,19,20). The normalized spacial score (nSPS) is 10.6. The number of carbonyl (C=O) groups is 1. The lowest BCUT2D eigenvalue weighted by Crippen LogP contribution is -2.10. The molecule has 0 spiro atoms. The first kappa shape index (κ1) is 16.2. The molecule has 0 unspecified atom stereocenters. The van der Waals surface area contributed by atoms with Crippen LogP contribution in [0.3, 0.4) is 0 Å². The number of aryl methyl sites for hydroxylation is 1. The maximum Gasteiger partial charge on any atom is 0.226 e. The summed E-state index contributed by atoms with van der Waals surface area (Å²) in [5, 5.41) is 6.46. The van der Waals surface area contributed by atoms with Gasteiger partial charge in [0.05, 0.1) is 5.69 Å². The first-order chi connectivity index (χ1) is 10.2. The number of thiazole rings is 1. The number of rotatable bonds is 7. The van der Waals surface area contributed by atoms with E-state index in [1.807, 2.05) is 5.38 Å². The Morgan fingerprint density at radius 2 is 2.05 bits per heavy atom. The molecule has 0 radical (unpaired) electrons. The molecule has 0 aliphatic carbocycles. The molecule has 0 bridgehead atoms. The van der Waals surface area contributed by atoms with Crippen LogP contribution >= 0.6 is 27.3 Å². The Morgan fingerprint density at radius 1 is 1.29 bits per heavy atom. The maximum atomic E-state index is 11.8. The van der Waals surface area contributed by atoms with E-state index in [0.717, 1.165) is 35.8 Å². The maximum absolute atomic E-state index is 11.8. The van der Waals surface area contributed by atoms with Crippen molar-refractivity contribution >= 4 is 38.3 Å². The van der Waals surface area contributed by atoms with E-state index >= 15 is 0 Å². The average Bonchev–Trinajstić information content (AvgIpc) is 2.96. The molecule has 0 atom stereocenters. The van der Waals surface area contributed by atoms with Crippen molar-refractivity contribution in [3.63, 3.8) is 0 Å². The van der Waals surface area contributed by atoms with Gasteiger partial charge in [0.25, 0.3) is 0 Å². The molecule has 21 heavy (non-hydrogen) atoms. The van der Waals surface area contributed by atoms with Gasteiger partial charge in [0.1, 0.15) is 0 Å². The Balaban J connectivity index is 1.95. The monoisotopic (exact) mass is 366 g/mol. The summed E-state index contributed by atoms with van der Waals surface area (Å²) in [6.07, 6.45) is 3.49. The molecule has 1 heterocycles. The van der Waals surface area contributed by atoms with E-state index in [1.54, 1.807) is 0 Å². The molecule has 2 rings (SSSR count). The Bertz CT molecular complexity index is 580. The number of halogens is 1. The number of carbonyl (C=O) groups excluding carboxylic acids is 1. The minimum absolute atomic E-state index is 0.0400. The second kappa shape index (κ2) is 8.29. The highest BCUT2D eigenvalue weighted by atomic mass is 79.9. The zero-order valence-corrected chi connectivity index (χ0v) is 14.5. The second-order valence-corrected chi connectivity index (χ2v) is 6.43. The fourth-order valence-electron chi connectivity index (χ4n) is 1.94. The van der Waals surface area contributed by atoms with Crippen LogP contribution in [0.15, 0.2) is 29.6 Å². The highest BCUT2D eigenvalue weighted by molar-refractivity contribution is 9.09. The Kier molecular flexibility index (Phi) is 6.39. The summed E-state index contributed by atoms with van der Waals surface area (Å²) in [5.74, 6) is 0.0400. The number of aromatic nitrogens is 1. The number of unbranched alkanes of at least 4 members (excludes halogenated alkanes) is 1. The van der Waals surface area contributed by atoms with Crippen LogP contribution in [0.5, 0.6) is 0 Å². The van der Waals surface area contributed by atoms with Gasteiger partial charge in [0.2, 0.25) is 5.91 Å². The summed E-state index contributed by atoms with van der Waals surface area (Å²) in [5.41, 5.74) is 3.32. The number of amides is 1. The van der Waals surface area contributed by atoms with Gasteiger partial charge in [-0.25, -0.2) is 4.98 Å². The Labute approximate surface area is 137 Å². The predicted octanol–water partition coefficient (Wildman–Crippen LogP) is 4.88. The third-order valence-corrected chi connectivity index (χ3v) is 4.51. The van der Waals surface area contributed by atoms with Crippen molar-refractivity contribution in [3.8, 4) is 11.3 Å². The van der Waals surface area contributed by atoms with Crippen LogP contribution in [-0.4, -0.2) is 16.2 Å². The van der Waals surface area contributed by atoms with E-state index in [4.69, 9.17) is 0 Å². The summed E-state index contributed by atoms with van der Waals surface area (Å²) < 4.78 is 0. The van der Waals surface area contributed by atoms with Gasteiger partial charge < -0.3 is 5.32 Å². The molecule has 1 N–H and O–H groups in total. The SMILES string of the molecule is CCc1ccc(-c2csc(NC(=O)CCCCBr)n2)cc1. The summed E-state index contributed by atoms with van der Waals surface area (Å²) in [6.45, 7) is 2.14. The van der Waals surface area contributed by atoms with Crippen molar-refractivity contribution in [2.75, 3.05) is 10.6 Å². The van der Waals surface area contributed by atoms with E-state index in [2.05, 4.69) is 57.4 Å². The molecule has 1 amide bonds. The fraction of sp³-hybridized carbons (Fsp3) is 0.375. The first-order valence-corrected chi connectivity index (χ1v) is 9.13. The van der Waals surface area contributed by atoms with Crippen molar-refractivity contribution in [3.05, 3.63) is 35.2 Å². The third kappa shape index (κ3) is 4.93. The van der Waals surface area contributed by atoms with Crippen molar-refractivity contribution in [2.45, 2.75) is 32.6 Å². The van der Waals surface area contributed by atoms with Gasteiger partial charge in [-0.05, 0) is 24.8 Å². The second-order valence-electron chi connectivity index (χ2n) is 4.78. The van der Waals surface area contributed by atoms with E-state index < -0.39 is 0 Å². The van der Waals surface area contributed by atoms with Gasteiger partial charge in [0, 0.05) is 22.7 Å². The molecule has 1 aromatic carbocycles. The molecule has 5 heteroatoms. The first-order valence-electron chi connectivity index (χ1n) is 7.13. The number of anilines is 1. The van der Waals surface area contributed by atoms with Crippen molar-refractivity contribution in [2.24, 2.45) is 0 Å². The van der Waals surface area contributed by atoms with Crippen LogP contribution in [0.1, 0.15) is 31.7 Å². The van der Waals surface area contributed by atoms with E-state index in [1.165, 1.54) is 16.9 Å². The summed E-state index contributed by atoms with van der Waals surface area (Å²) in [7, 11) is 0. The smallest absolute Gasteiger partial charge is 0.226 e. The highest BCUT2D eigenvalue weighted by Gasteiger charge is 2.08. The summed E-state index contributed by atoms with van der Waals surface area (Å²) in [4.78, 5) is 16.2. The van der Waals surface area contributed by atoms with E-state index in [9.17, 15) is 4.79 Å². The van der Waals surface area contributed by atoms with Crippen molar-refractivity contribution < 1.29 is 4.79 Å². The number of alkyl halides is 1. The van der Waals surface area contributed by atoms with E-state index in [-0.39, 0.29) is 5.91 Å². The van der Waals surface area contributed by atoms with Gasteiger partial charge in [-0.2, -0.15) is 0 Å². The molecule has 2 aromatic rings. The van der Waals surface area contributed by atoms with Crippen LogP contribution in [0.4, 0.5) is 5.13 Å². The minimum Gasteiger partial charge on any atom is -0.302 e. The van der Waals surface area contributed by atoms with E-state index in [0.29, 0.717) is 11.6 Å². The fourth-order valence-corrected chi connectivity index (χ4v) is 3.07. The molecule has 0 saturated heterocycles. The highest BCUT2D eigenvalue weighted by Crippen LogP contribution is 2.25. The summed E-state index contributed by atoms with van der Waals surface area (Å²) >= 11 is 4.83. The largest absolute Gasteiger partial charge is 0.302 e. The lowest BCUT2D eigenvalue weighted by Gasteiger charge is -2.01. The van der Waals surface area contributed by atoms with Crippen LogP contribution in [0.25, 0.3) is 11.3 Å². The number of nitrogens with zero attached hydrogens (tertiary/aromatic N) is 1. The van der Waals surface area contributed by atoms with Crippen LogP contribution in [0.2, 0.25) is 0 Å². The quantitative estimate of drug-likeness (QED) is 0.560. The molecule has 0 saturated carbocycles. The molecule has 0 aliphatic rings. The minimum atomic E-state index is 0.0400. The lowest BCUT2D eigenvalue weighted by atomic mass is 10.1. The zero-order valence-electron chi connectivity index (χ0n) is 12.1. The van der Waals surface area contributed by atoms with Gasteiger partial charge in [0.15, 0.2) is 5.13 Å². The van der Waals surface area contributed by atoms with Gasteiger partial charge in [-0.15, -0.1) is 11.3 Å². The van der Waals surface area contributed by atoms with Gasteiger partial charge >= 0.3 is 0 Å². The topological polar surface area (TPSA) is 42.0 Å². The number of benzene rings is 1. The molecule has 3 nitrogen and oxygen atoms in total. The van der Waals surface area contributed by atoms with Crippen LogP contribution in [-0.2, 0) is 11.2 Å². The molecular formula is C16H19BrN2OS. The third-order valence-electron chi connectivity index (χ3n) is 3.20. The Morgan fingerprint density at radius 3 is 2.71 bits per heavy atom. The number of nitrogens with one attached hydrogen (secondary N) is 1. The number of hydrogen-bond acceptors (Lipinski definition) is 3. The lowest BCUT2D eigenvalue weighted by molar-refractivity contribution is -0.116. The van der Waals surface area contributed by atoms with Crippen LogP contribution < -0.4 is 5.32 Å². The Hall–Kier alpha value is -1.20. The molecule has 1 aromatic heterocycles. The van der Waals surface area contributed by atoms with Crippen LogP contribution in [0, 0.1) is 0 Å². The van der Waals surface area contributed by atoms with Crippen molar-refractivity contribution in [1.29, 1.82) is 0 Å². The molecule has 0 aliphatic heterocycles. The van der Waals surface area contributed by atoms with Crippen molar-refractivity contribution in [1.82, 2.24) is 4.98 Å². The van der Waals surface area contributed by atoms with Gasteiger partial charge in [-0.1, -0.05) is 47.1 Å². The predicted molar refractivity (Wildman–Crippen MR) is 93.2 cm³/mol. The number of hydrogen-bond donors (Lipinski definition) is 1. The zero-order chi connectivity index (χ0) is 15.1. The molecule has 112 valence electrons.